The molecular formula is C25H26ClNO4. The molecule has 0 spiro atoms. The minimum Gasteiger partial charge on any atom is -0.491 e. The van der Waals surface area contributed by atoms with Crippen molar-refractivity contribution < 1.29 is 13.9 Å². The summed E-state index contributed by atoms with van der Waals surface area (Å²) in [4.78, 5) is 14.6. The summed E-state index contributed by atoms with van der Waals surface area (Å²) in [5, 5.41) is 0.956. The van der Waals surface area contributed by atoms with Crippen molar-refractivity contribution in [2.24, 2.45) is 5.92 Å². The molecule has 5 nitrogen and oxygen atoms in total. The Bertz CT molecular complexity index is 1150. The highest BCUT2D eigenvalue weighted by Crippen LogP contribution is 2.31. The van der Waals surface area contributed by atoms with Crippen LogP contribution in [0.15, 0.2) is 51.7 Å². The van der Waals surface area contributed by atoms with Crippen LogP contribution in [0.3, 0.4) is 0 Å². The van der Waals surface area contributed by atoms with Gasteiger partial charge >= 0.3 is 0 Å². The van der Waals surface area contributed by atoms with Crippen molar-refractivity contribution in [3.05, 3.63) is 68.8 Å². The fourth-order valence-corrected chi connectivity index (χ4v) is 4.65. The number of para-hydroxylation sites is 1. The van der Waals surface area contributed by atoms with Crippen molar-refractivity contribution in [1.29, 1.82) is 0 Å². The van der Waals surface area contributed by atoms with E-state index in [0.29, 0.717) is 47.7 Å². The predicted octanol–water partition coefficient (Wildman–Crippen LogP) is 5.20. The number of halogens is 1. The molecule has 1 aliphatic carbocycles. The van der Waals surface area contributed by atoms with Gasteiger partial charge in [-0.15, -0.1) is 0 Å². The van der Waals surface area contributed by atoms with Crippen LogP contribution in [0.5, 0.6) is 5.75 Å². The molecule has 1 aliphatic heterocycles. The van der Waals surface area contributed by atoms with E-state index in [0.717, 1.165) is 24.6 Å². The highest BCUT2D eigenvalue weighted by molar-refractivity contribution is 6.34. The Morgan fingerprint density at radius 2 is 2.00 bits per heavy atom. The van der Waals surface area contributed by atoms with Crippen LogP contribution in [0.4, 0.5) is 5.88 Å². The summed E-state index contributed by atoms with van der Waals surface area (Å²) in [5.41, 5.74) is 2.84. The van der Waals surface area contributed by atoms with Gasteiger partial charge in [0, 0.05) is 19.2 Å². The lowest BCUT2D eigenvalue weighted by Crippen LogP contribution is -2.31. The Kier molecular flexibility index (Phi) is 5.63. The van der Waals surface area contributed by atoms with Gasteiger partial charge in [0.2, 0.25) is 0 Å². The fraction of sp³-hybridized carbons (Fsp3) is 0.400. The molecule has 2 heterocycles. The largest absolute Gasteiger partial charge is 0.491 e. The average molecular weight is 440 g/mol. The van der Waals surface area contributed by atoms with E-state index in [4.69, 9.17) is 25.5 Å². The van der Waals surface area contributed by atoms with Crippen LogP contribution in [0.25, 0.3) is 11.0 Å². The molecular weight excluding hydrogens is 414 g/mol. The monoisotopic (exact) mass is 439 g/mol. The molecule has 0 radical (unpaired) electrons. The molecule has 3 aromatic rings. The molecule has 6 heteroatoms. The van der Waals surface area contributed by atoms with Gasteiger partial charge in [-0.3, -0.25) is 4.79 Å². The van der Waals surface area contributed by atoms with Crippen molar-refractivity contribution in [2.75, 3.05) is 24.7 Å². The maximum Gasteiger partial charge on any atom is 0.200 e. The molecule has 0 amide bonds. The fourth-order valence-electron chi connectivity index (χ4n) is 4.43. The van der Waals surface area contributed by atoms with Crippen LogP contribution in [-0.2, 0) is 17.7 Å². The summed E-state index contributed by atoms with van der Waals surface area (Å²) in [6.07, 6.45) is 3.60. The molecule has 2 aromatic carbocycles. The van der Waals surface area contributed by atoms with Gasteiger partial charge in [0.05, 0.1) is 23.1 Å². The molecule has 162 valence electrons. The van der Waals surface area contributed by atoms with Gasteiger partial charge in [0.1, 0.15) is 12.4 Å². The lowest BCUT2D eigenvalue weighted by Gasteiger charge is -2.32. The Labute approximate surface area is 186 Å². The molecule has 0 N–H and O–H groups in total. The first-order chi connectivity index (χ1) is 15.1. The van der Waals surface area contributed by atoms with Gasteiger partial charge in [-0.2, -0.15) is 0 Å². The summed E-state index contributed by atoms with van der Waals surface area (Å²) in [5.74, 6) is 2.23. The number of rotatable bonds is 6. The normalized spacial score (nSPS) is 20.4. The van der Waals surface area contributed by atoms with E-state index >= 15 is 0 Å². The van der Waals surface area contributed by atoms with Crippen molar-refractivity contribution in [3.8, 4) is 5.75 Å². The Morgan fingerprint density at radius 3 is 2.84 bits per heavy atom. The van der Waals surface area contributed by atoms with E-state index < -0.39 is 0 Å². The van der Waals surface area contributed by atoms with Crippen LogP contribution in [0.1, 0.15) is 30.9 Å². The zero-order valence-corrected chi connectivity index (χ0v) is 18.4. The quantitative estimate of drug-likeness (QED) is 0.494. The number of nitrogens with zero attached hydrogens (tertiary/aromatic N) is 1. The second-order valence-electron chi connectivity index (χ2n) is 8.59. The van der Waals surface area contributed by atoms with Crippen molar-refractivity contribution >= 4 is 28.5 Å². The zero-order valence-electron chi connectivity index (χ0n) is 17.6. The molecule has 0 atom stereocenters. The SMILES string of the molecule is CC1CC(OCCOc2ccc3c(c2)CCN(c2cc(=O)c4cccc(Cl)c4o2)C3)C1. The highest BCUT2D eigenvalue weighted by atomic mass is 35.5. The second kappa shape index (κ2) is 8.56. The topological polar surface area (TPSA) is 51.9 Å². The first kappa shape index (κ1) is 20.4. The Hall–Kier alpha value is -2.50. The minimum atomic E-state index is -0.0770. The van der Waals surface area contributed by atoms with E-state index in [-0.39, 0.29) is 5.43 Å². The second-order valence-corrected chi connectivity index (χ2v) is 8.99. The minimum absolute atomic E-state index is 0.0770. The third-order valence-corrected chi connectivity index (χ3v) is 6.53. The van der Waals surface area contributed by atoms with E-state index in [1.54, 1.807) is 24.3 Å². The average Bonchev–Trinajstić information content (AvgIpc) is 2.75. The zero-order chi connectivity index (χ0) is 21.4. The van der Waals surface area contributed by atoms with Crippen molar-refractivity contribution in [2.45, 2.75) is 38.8 Å². The van der Waals surface area contributed by atoms with Gasteiger partial charge in [0.15, 0.2) is 16.9 Å². The third-order valence-electron chi connectivity index (χ3n) is 6.23. The lowest BCUT2D eigenvalue weighted by molar-refractivity contribution is -0.0351. The molecule has 5 rings (SSSR count). The van der Waals surface area contributed by atoms with Crippen LogP contribution < -0.4 is 15.1 Å². The van der Waals surface area contributed by atoms with Crippen molar-refractivity contribution in [3.63, 3.8) is 0 Å². The lowest BCUT2D eigenvalue weighted by atomic mass is 9.84. The van der Waals surface area contributed by atoms with Crippen molar-refractivity contribution in [1.82, 2.24) is 0 Å². The molecule has 2 aliphatic rings. The number of ether oxygens (including phenoxy) is 2. The standard InChI is InChI=1S/C25H26ClNO4/c1-16-11-20(12-16)30-10-9-29-19-6-5-18-15-27(8-7-17(18)13-19)24-14-23(28)21-3-2-4-22(26)25(21)31-24/h2-6,13-14,16,20H,7-12,15H2,1H3. The van der Waals surface area contributed by atoms with E-state index in [1.807, 2.05) is 6.07 Å². The first-order valence-corrected chi connectivity index (χ1v) is 11.3. The number of benzene rings is 2. The third kappa shape index (κ3) is 4.30. The van der Waals surface area contributed by atoms with Crippen LogP contribution >= 0.6 is 11.6 Å². The predicted molar refractivity (Wildman–Crippen MR) is 122 cm³/mol. The van der Waals surface area contributed by atoms with E-state index in [9.17, 15) is 4.79 Å². The van der Waals surface area contributed by atoms with Gasteiger partial charge in [-0.25, -0.2) is 0 Å². The van der Waals surface area contributed by atoms with E-state index in [2.05, 4.69) is 24.0 Å². The number of hydrogen-bond acceptors (Lipinski definition) is 5. The van der Waals surface area contributed by atoms with Crippen LogP contribution in [-0.4, -0.2) is 25.9 Å². The molecule has 1 aromatic heterocycles. The molecule has 0 saturated heterocycles. The first-order valence-electron chi connectivity index (χ1n) is 10.9. The molecule has 0 bridgehead atoms. The Morgan fingerprint density at radius 1 is 1.13 bits per heavy atom. The molecule has 31 heavy (non-hydrogen) atoms. The highest BCUT2D eigenvalue weighted by Gasteiger charge is 2.25. The van der Waals surface area contributed by atoms with Gasteiger partial charge in [0.25, 0.3) is 0 Å². The summed E-state index contributed by atoms with van der Waals surface area (Å²) < 4.78 is 17.7. The molecule has 1 fully saturated rings. The Balaban J connectivity index is 1.24. The summed E-state index contributed by atoms with van der Waals surface area (Å²) in [7, 11) is 0. The molecule has 1 saturated carbocycles. The summed E-state index contributed by atoms with van der Waals surface area (Å²) in [6, 6.07) is 13.0. The maximum atomic E-state index is 12.5. The van der Waals surface area contributed by atoms with Crippen LogP contribution in [0.2, 0.25) is 5.02 Å². The summed E-state index contributed by atoms with van der Waals surface area (Å²) >= 11 is 6.25. The number of hydrogen-bond donors (Lipinski definition) is 0. The maximum absolute atomic E-state index is 12.5. The smallest absolute Gasteiger partial charge is 0.200 e. The van der Waals surface area contributed by atoms with Gasteiger partial charge in [-0.05, 0) is 60.6 Å². The summed E-state index contributed by atoms with van der Waals surface area (Å²) in [6.45, 7) is 4.90. The van der Waals surface area contributed by atoms with Crippen LogP contribution in [0, 0.1) is 5.92 Å². The number of fused-ring (bicyclic) bond motifs is 2. The van der Waals surface area contributed by atoms with Gasteiger partial charge in [-0.1, -0.05) is 30.7 Å². The molecule has 0 unspecified atom stereocenters. The van der Waals surface area contributed by atoms with Gasteiger partial charge < -0.3 is 18.8 Å². The number of anilines is 1. The van der Waals surface area contributed by atoms with E-state index in [1.165, 1.54) is 24.0 Å².